The number of rotatable bonds is 5. The Kier molecular flexibility index (Phi) is 5.89. The second kappa shape index (κ2) is 7.19. The summed E-state index contributed by atoms with van der Waals surface area (Å²) in [5.74, 6) is 0.640. The molecular weight excluding hydrogens is 262 g/mol. The molecule has 0 heterocycles. The molecule has 0 atom stereocenters. The van der Waals surface area contributed by atoms with Gasteiger partial charge >= 0.3 is 6.09 Å². The largest absolute Gasteiger partial charge is 0.443 e. The van der Waals surface area contributed by atoms with Crippen molar-refractivity contribution in [2.45, 2.75) is 32.8 Å². The second-order valence-electron chi connectivity index (χ2n) is 4.73. The lowest BCUT2D eigenvalue weighted by Gasteiger charge is -2.24. The smallest absolute Gasteiger partial charge is 0.412 e. The summed E-state index contributed by atoms with van der Waals surface area (Å²) >= 11 is 1.24. The quantitative estimate of drug-likeness (QED) is 0.894. The molecule has 0 radical (unpaired) electrons. The van der Waals surface area contributed by atoms with Gasteiger partial charge < -0.3 is 4.74 Å². The fraction of sp³-hybridized carbons (Fsp3) is 0.429. The third-order valence-corrected chi connectivity index (χ3v) is 3.21. The lowest BCUT2D eigenvalue weighted by atomic mass is 10.1. The van der Waals surface area contributed by atoms with Gasteiger partial charge in [-0.15, -0.1) is 0 Å². The Hall–Kier alpha value is -1.49. The third-order valence-electron chi connectivity index (χ3n) is 2.40. The topological polar surface area (TPSA) is 55.4 Å². The summed E-state index contributed by atoms with van der Waals surface area (Å²) in [6.07, 6.45) is 0.142. The maximum absolute atomic E-state index is 11.7. The first-order valence-electron chi connectivity index (χ1n) is 6.07. The third kappa shape index (κ3) is 6.86. The van der Waals surface area contributed by atoms with Gasteiger partial charge in [-0.2, -0.15) is 0 Å². The highest BCUT2D eigenvalue weighted by molar-refractivity contribution is 8.13. The lowest BCUT2D eigenvalue weighted by Crippen LogP contribution is -2.31. The number of para-hydroxylation sites is 1. The Bertz CT molecular complexity index is 432. The zero-order valence-electron chi connectivity index (χ0n) is 11.4. The van der Waals surface area contributed by atoms with Crippen molar-refractivity contribution in [3.63, 3.8) is 0 Å². The molecular formula is C14H19NO3S. The minimum absolute atomic E-state index is 0.0736. The van der Waals surface area contributed by atoms with Crippen molar-refractivity contribution in [1.29, 1.82) is 0 Å². The lowest BCUT2D eigenvalue weighted by molar-refractivity contribution is -0.109. The number of benzene rings is 1. The van der Waals surface area contributed by atoms with Gasteiger partial charge in [-0.05, 0) is 32.4 Å². The van der Waals surface area contributed by atoms with E-state index in [1.54, 1.807) is 12.1 Å². The van der Waals surface area contributed by atoms with Crippen LogP contribution in [0.15, 0.2) is 30.3 Å². The maximum Gasteiger partial charge on any atom is 0.412 e. The first-order valence-corrected chi connectivity index (χ1v) is 7.06. The van der Waals surface area contributed by atoms with Crippen LogP contribution in [0.1, 0.15) is 27.2 Å². The molecule has 0 spiro atoms. The first-order chi connectivity index (χ1) is 8.89. The summed E-state index contributed by atoms with van der Waals surface area (Å²) in [5.41, 5.74) is 0.0998. The Labute approximate surface area is 117 Å². The van der Waals surface area contributed by atoms with E-state index in [9.17, 15) is 9.59 Å². The molecule has 1 aromatic carbocycles. The zero-order chi connectivity index (χ0) is 14.3. The van der Waals surface area contributed by atoms with Crippen LogP contribution < -0.4 is 5.32 Å². The normalized spacial score (nSPS) is 10.9. The van der Waals surface area contributed by atoms with Gasteiger partial charge in [0.1, 0.15) is 5.60 Å². The van der Waals surface area contributed by atoms with Crippen molar-refractivity contribution in [2.75, 3.05) is 11.1 Å². The Balaban J connectivity index is 2.39. The second-order valence-corrected chi connectivity index (χ2v) is 6.00. The number of ether oxygens (including phenoxy) is 1. The van der Waals surface area contributed by atoms with Gasteiger partial charge in [-0.1, -0.05) is 30.0 Å². The van der Waals surface area contributed by atoms with Crippen LogP contribution in [0, 0.1) is 0 Å². The van der Waals surface area contributed by atoms with E-state index in [4.69, 9.17) is 4.74 Å². The molecule has 0 bridgehead atoms. The van der Waals surface area contributed by atoms with E-state index in [-0.39, 0.29) is 5.12 Å². The molecule has 0 aliphatic carbocycles. The van der Waals surface area contributed by atoms with E-state index in [1.807, 2.05) is 32.0 Å². The fourth-order valence-corrected chi connectivity index (χ4v) is 2.29. The van der Waals surface area contributed by atoms with Crippen molar-refractivity contribution < 1.29 is 14.3 Å². The molecule has 0 fully saturated rings. The summed E-state index contributed by atoms with van der Waals surface area (Å²) in [6, 6.07) is 9.13. The standard InChI is InChI=1S/C14H19NO3S/c1-11(16)19-10-9-14(2,3)18-13(17)15-12-7-5-4-6-8-12/h4-8H,9-10H2,1-3H3,(H,15,17). The van der Waals surface area contributed by atoms with Crippen molar-refractivity contribution in [3.8, 4) is 0 Å². The molecule has 0 aliphatic heterocycles. The summed E-state index contributed by atoms with van der Waals surface area (Å²) in [7, 11) is 0. The van der Waals surface area contributed by atoms with Crippen LogP contribution in [0.25, 0.3) is 0 Å². The first kappa shape index (κ1) is 15.6. The van der Waals surface area contributed by atoms with Crippen LogP contribution in [0.4, 0.5) is 10.5 Å². The van der Waals surface area contributed by atoms with E-state index in [0.717, 1.165) is 0 Å². The van der Waals surface area contributed by atoms with Crippen LogP contribution in [0.3, 0.4) is 0 Å². The molecule has 0 unspecified atom stereocenters. The molecule has 0 aromatic heterocycles. The van der Waals surface area contributed by atoms with Crippen LogP contribution >= 0.6 is 11.8 Å². The molecule has 0 saturated heterocycles. The van der Waals surface area contributed by atoms with Gasteiger partial charge in [0.05, 0.1) is 0 Å². The summed E-state index contributed by atoms with van der Waals surface area (Å²) in [5, 5.41) is 2.74. The molecule has 4 nitrogen and oxygen atoms in total. The van der Waals surface area contributed by atoms with E-state index in [0.29, 0.717) is 17.9 Å². The summed E-state index contributed by atoms with van der Waals surface area (Å²) in [6.45, 7) is 5.19. The average molecular weight is 281 g/mol. The van der Waals surface area contributed by atoms with Gasteiger partial charge in [0.25, 0.3) is 0 Å². The summed E-state index contributed by atoms with van der Waals surface area (Å²) < 4.78 is 5.35. The van der Waals surface area contributed by atoms with Gasteiger partial charge in [-0.25, -0.2) is 4.79 Å². The monoisotopic (exact) mass is 281 g/mol. The van der Waals surface area contributed by atoms with Crippen molar-refractivity contribution in [2.24, 2.45) is 0 Å². The molecule has 1 N–H and O–H groups in total. The molecule has 0 saturated carbocycles. The van der Waals surface area contributed by atoms with Gasteiger partial charge in [0.15, 0.2) is 5.12 Å². The Morgan fingerprint density at radius 3 is 2.47 bits per heavy atom. The number of carbonyl (C=O) groups excluding carboxylic acids is 2. The van der Waals surface area contributed by atoms with Gasteiger partial charge in [0, 0.05) is 18.4 Å². The van der Waals surface area contributed by atoms with E-state index in [1.165, 1.54) is 18.7 Å². The number of thioether (sulfide) groups is 1. The molecule has 1 rings (SSSR count). The maximum atomic E-state index is 11.7. The Morgan fingerprint density at radius 1 is 1.26 bits per heavy atom. The van der Waals surface area contributed by atoms with Gasteiger partial charge in [-0.3, -0.25) is 10.1 Å². The number of anilines is 1. The van der Waals surface area contributed by atoms with E-state index < -0.39 is 11.7 Å². The number of amides is 1. The van der Waals surface area contributed by atoms with Crippen LogP contribution in [0.5, 0.6) is 0 Å². The predicted octanol–water partition coefficient (Wildman–Crippen LogP) is 3.68. The number of hydrogen-bond acceptors (Lipinski definition) is 4. The van der Waals surface area contributed by atoms with Crippen molar-refractivity contribution in [3.05, 3.63) is 30.3 Å². The SMILES string of the molecule is CC(=O)SCCC(C)(C)OC(=O)Nc1ccccc1. The highest BCUT2D eigenvalue weighted by Gasteiger charge is 2.22. The van der Waals surface area contributed by atoms with Crippen LogP contribution in [-0.2, 0) is 9.53 Å². The minimum Gasteiger partial charge on any atom is -0.443 e. The molecule has 104 valence electrons. The predicted molar refractivity (Wildman–Crippen MR) is 78.4 cm³/mol. The average Bonchev–Trinajstić information content (AvgIpc) is 2.28. The minimum atomic E-state index is -0.596. The van der Waals surface area contributed by atoms with E-state index >= 15 is 0 Å². The molecule has 1 aromatic rings. The van der Waals surface area contributed by atoms with Gasteiger partial charge in [0.2, 0.25) is 0 Å². The molecule has 5 heteroatoms. The molecule has 0 aliphatic rings. The number of hydrogen-bond donors (Lipinski definition) is 1. The molecule has 19 heavy (non-hydrogen) atoms. The highest BCUT2D eigenvalue weighted by Crippen LogP contribution is 2.19. The van der Waals surface area contributed by atoms with Crippen molar-refractivity contribution >= 4 is 28.7 Å². The summed E-state index contributed by atoms with van der Waals surface area (Å²) in [4.78, 5) is 22.6. The number of nitrogens with one attached hydrogen (secondary N) is 1. The van der Waals surface area contributed by atoms with Crippen molar-refractivity contribution in [1.82, 2.24) is 0 Å². The highest BCUT2D eigenvalue weighted by atomic mass is 32.2. The zero-order valence-corrected chi connectivity index (χ0v) is 12.3. The van der Waals surface area contributed by atoms with Crippen LogP contribution in [0.2, 0.25) is 0 Å². The van der Waals surface area contributed by atoms with Crippen LogP contribution in [-0.4, -0.2) is 22.6 Å². The number of carbonyl (C=O) groups is 2. The fourth-order valence-electron chi connectivity index (χ4n) is 1.41. The van der Waals surface area contributed by atoms with E-state index in [2.05, 4.69) is 5.32 Å². The molecule has 1 amide bonds. The Morgan fingerprint density at radius 2 is 1.89 bits per heavy atom.